The minimum absolute atomic E-state index is 0.0109. The SMILES string of the molecule is O=C1CC(c2cccc(NC(=O)C3CC(F)(F)CN3)c2)CN1. The number of nitrogens with one attached hydrogen (secondary N) is 3. The maximum atomic E-state index is 13.1. The first-order valence-corrected chi connectivity index (χ1v) is 7.22. The van der Waals surface area contributed by atoms with Crippen molar-refractivity contribution < 1.29 is 18.4 Å². The van der Waals surface area contributed by atoms with Crippen molar-refractivity contribution >= 4 is 17.5 Å². The minimum atomic E-state index is -2.83. The number of alkyl halides is 2. The summed E-state index contributed by atoms with van der Waals surface area (Å²) < 4.78 is 26.2. The summed E-state index contributed by atoms with van der Waals surface area (Å²) in [7, 11) is 0. The fourth-order valence-corrected chi connectivity index (χ4v) is 2.84. The van der Waals surface area contributed by atoms with E-state index < -0.39 is 30.8 Å². The summed E-state index contributed by atoms with van der Waals surface area (Å²) in [5, 5.41) is 7.94. The van der Waals surface area contributed by atoms with Crippen molar-refractivity contribution in [1.82, 2.24) is 10.6 Å². The van der Waals surface area contributed by atoms with Gasteiger partial charge in [0.25, 0.3) is 5.92 Å². The highest BCUT2D eigenvalue weighted by atomic mass is 19.3. The van der Waals surface area contributed by atoms with Gasteiger partial charge in [0.15, 0.2) is 0 Å². The Labute approximate surface area is 126 Å². The van der Waals surface area contributed by atoms with E-state index in [0.29, 0.717) is 18.7 Å². The standard InChI is InChI=1S/C15H17F2N3O2/c16-15(17)6-12(19-8-15)14(22)20-11-3-1-2-9(4-11)10-5-13(21)18-7-10/h1-4,10,12,19H,5-8H2,(H,18,21)(H,20,22). The number of hydrogen-bond acceptors (Lipinski definition) is 3. The van der Waals surface area contributed by atoms with Crippen LogP contribution in [0.25, 0.3) is 0 Å². The predicted molar refractivity (Wildman–Crippen MR) is 76.8 cm³/mol. The minimum Gasteiger partial charge on any atom is -0.355 e. The molecule has 2 aliphatic heterocycles. The van der Waals surface area contributed by atoms with Crippen molar-refractivity contribution in [2.24, 2.45) is 0 Å². The third-order valence-electron chi connectivity index (χ3n) is 4.03. The summed E-state index contributed by atoms with van der Waals surface area (Å²) in [5.74, 6) is -3.20. The number of halogens is 2. The highest BCUT2D eigenvalue weighted by Crippen LogP contribution is 2.27. The molecule has 2 heterocycles. The Balaban J connectivity index is 1.65. The van der Waals surface area contributed by atoms with Gasteiger partial charge in [-0.05, 0) is 17.7 Å². The van der Waals surface area contributed by atoms with Crippen molar-refractivity contribution in [3.63, 3.8) is 0 Å². The normalized spacial score (nSPS) is 26.7. The molecule has 0 saturated carbocycles. The first kappa shape index (κ1) is 14.9. The molecule has 0 aromatic heterocycles. The van der Waals surface area contributed by atoms with Crippen LogP contribution in [0.4, 0.5) is 14.5 Å². The van der Waals surface area contributed by atoms with Gasteiger partial charge in [0.2, 0.25) is 11.8 Å². The van der Waals surface area contributed by atoms with E-state index >= 15 is 0 Å². The van der Waals surface area contributed by atoms with E-state index in [1.165, 1.54) is 0 Å². The number of carbonyl (C=O) groups is 2. The summed E-state index contributed by atoms with van der Waals surface area (Å²) in [5.41, 5.74) is 1.50. The van der Waals surface area contributed by atoms with E-state index in [2.05, 4.69) is 16.0 Å². The van der Waals surface area contributed by atoms with Crippen molar-refractivity contribution in [3.05, 3.63) is 29.8 Å². The molecule has 3 rings (SSSR count). The van der Waals surface area contributed by atoms with Gasteiger partial charge in [0, 0.05) is 31.0 Å². The van der Waals surface area contributed by atoms with Gasteiger partial charge in [-0.2, -0.15) is 0 Å². The van der Waals surface area contributed by atoms with Crippen LogP contribution in [0.5, 0.6) is 0 Å². The van der Waals surface area contributed by atoms with Gasteiger partial charge in [0.1, 0.15) is 0 Å². The Morgan fingerprint density at radius 2 is 2.18 bits per heavy atom. The summed E-state index contributed by atoms with van der Waals surface area (Å²) in [6.45, 7) is 0.105. The third-order valence-corrected chi connectivity index (χ3v) is 4.03. The highest BCUT2D eigenvalue weighted by molar-refractivity contribution is 5.95. The first-order valence-electron chi connectivity index (χ1n) is 7.22. The molecule has 2 saturated heterocycles. The lowest BCUT2D eigenvalue weighted by Gasteiger charge is -2.13. The van der Waals surface area contributed by atoms with Crippen LogP contribution >= 0.6 is 0 Å². The van der Waals surface area contributed by atoms with Gasteiger partial charge < -0.3 is 10.6 Å². The maximum absolute atomic E-state index is 13.1. The van der Waals surface area contributed by atoms with Crippen LogP contribution in [-0.2, 0) is 9.59 Å². The van der Waals surface area contributed by atoms with Gasteiger partial charge in [-0.15, -0.1) is 0 Å². The molecule has 2 aliphatic rings. The smallest absolute Gasteiger partial charge is 0.262 e. The van der Waals surface area contributed by atoms with Gasteiger partial charge >= 0.3 is 0 Å². The molecule has 2 unspecified atom stereocenters. The zero-order valence-corrected chi connectivity index (χ0v) is 11.9. The van der Waals surface area contributed by atoms with Crippen LogP contribution < -0.4 is 16.0 Å². The van der Waals surface area contributed by atoms with Crippen LogP contribution in [0.15, 0.2) is 24.3 Å². The molecule has 7 heteroatoms. The van der Waals surface area contributed by atoms with Crippen molar-refractivity contribution in [3.8, 4) is 0 Å². The van der Waals surface area contributed by atoms with Gasteiger partial charge in [-0.25, -0.2) is 8.78 Å². The molecule has 1 aromatic rings. The van der Waals surface area contributed by atoms with E-state index in [4.69, 9.17) is 0 Å². The Kier molecular flexibility index (Phi) is 3.82. The molecule has 1 aromatic carbocycles. The molecular formula is C15H17F2N3O2. The summed E-state index contributed by atoms with van der Waals surface area (Å²) >= 11 is 0. The molecule has 5 nitrogen and oxygen atoms in total. The largest absolute Gasteiger partial charge is 0.355 e. The topological polar surface area (TPSA) is 70.2 Å². The molecule has 0 bridgehead atoms. The molecule has 0 radical (unpaired) electrons. The van der Waals surface area contributed by atoms with E-state index in [9.17, 15) is 18.4 Å². The lowest BCUT2D eigenvalue weighted by atomic mass is 9.98. The average molecular weight is 309 g/mol. The fourth-order valence-electron chi connectivity index (χ4n) is 2.84. The number of amides is 2. The van der Waals surface area contributed by atoms with Crippen LogP contribution in [0.2, 0.25) is 0 Å². The van der Waals surface area contributed by atoms with E-state index in [-0.39, 0.29) is 11.8 Å². The Hall–Kier alpha value is -2.02. The van der Waals surface area contributed by atoms with E-state index in [1.807, 2.05) is 6.07 Å². The highest BCUT2D eigenvalue weighted by Gasteiger charge is 2.42. The molecule has 0 aliphatic carbocycles. The first-order chi connectivity index (χ1) is 10.4. The van der Waals surface area contributed by atoms with Crippen LogP contribution in [0, 0.1) is 0 Å². The lowest BCUT2D eigenvalue weighted by Crippen LogP contribution is -2.35. The van der Waals surface area contributed by atoms with E-state index in [1.54, 1.807) is 18.2 Å². The molecular weight excluding hydrogens is 292 g/mol. The number of rotatable bonds is 3. The Bertz CT molecular complexity index is 606. The second-order valence-electron chi connectivity index (χ2n) is 5.81. The molecule has 2 fully saturated rings. The van der Waals surface area contributed by atoms with Crippen molar-refractivity contribution in [2.45, 2.75) is 30.7 Å². The van der Waals surface area contributed by atoms with Crippen LogP contribution in [-0.4, -0.2) is 36.9 Å². The van der Waals surface area contributed by atoms with Crippen LogP contribution in [0.1, 0.15) is 24.3 Å². The van der Waals surface area contributed by atoms with Gasteiger partial charge in [-0.3, -0.25) is 14.9 Å². The number of hydrogen-bond donors (Lipinski definition) is 3. The van der Waals surface area contributed by atoms with Gasteiger partial charge in [0.05, 0.1) is 12.6 Å². The zero-order valence-electron chi connectivity index (χ0n) is 11.9. The third kappa shape index (κ3) is 3.24. The fraction of sp³-hybridized carbons (Fsp3) is 0.467. The molecule has 3 N–H and O–H groups in total. The molecule has 118 valence electrons. The quantitative estimate of drug-likeness (QED) is 0.786. The second kappa shape index (κ2) is 5.64. The number of carbonyl (C=O) groups excluding carboxylic acids is 2. The summed E-state index contributed by atoms with van der Waals surface area (Å²) in [6, 6.07) is 6.29. The molecule has 0 spiro atoms. The van der Waals surface area contributed by atoms with Crippen LogP contribution in [0.3, 0.4) is 0 Å². The monoisotopic (exact) mass is 309 g/mol. The number of benzene rings is 1. The second-order valence-corrected chi connectivity index (χ2v) is 5.81. The molecule has 2 atom stereocenters. The van der Waals surface area contributed by atoms with Crippen molar-refractivity contribution in [2.75, 3.05) is 18.4 Å². The molecule has 22 heavy (non-hydrogen) atoms. The van der Waals surface area contributed by atoms with E-state index in [0.717, 1.165) is 5.56 Å². The zero-order chi connectivity index (χ0) is 15.7. The summed E-state index contributed by atoms with van der Waals surface area (Å²) in [6.07, 6.45) is -0.0621. The number of anilines is 1. The maximum Gasteiger partial charge on any atom is 0.262 e. The lowest BCUT2D eigenvalue weighted by molar-refractivity contribution is -0.119. The predicted octanol–water partition coefficient (Wildman–Crippen LogP) is 1.23. The van der Waals surface area contributed by atoms with Gasteiger partial charge in [-0.1, -0.05) is 12.1 Å². The Morgan fingerprint density at radius 3 is 2.82 bits per heavy atom. The average Bonchev–Trinajstić information content (AvgIpc) is 3.05. The molecule has 2 amide bonds. The Morgan fingerprint density at radius 1 is 1.36 bits per heavy atom. The van der Waals surface area contributed by atoms with Crippen molar-refractivity contribution in [1.29, 1.82) is 0 Å². The summed E-state index contributed by atoms with van der Waals surface area (Å²) in [4.78, 5) is 23.3.